The van der Waals surface area contributed by atoms with Gasteiger partial charge in [0.15, 0.2) is 0 Å². The molecule has 0 saturated heterocycles. The van der Waals surface area contributed by atoms with Gasteiger partial charge in [-0.05, 0) is 83.9 Å². The first-order chi connectivity index (χ1) is 22.2. The second kappa shape index (κ2) is 15.7. The normalized spacial score (nSPS) is 11.8. The predicted molar refractivity (Wildman–Crippen MR) is 189 cm³/mol. The molecule has 230 valence electrons. The molecule has 1 unspecified atom stereocenters. The third kappa shape index (κ3) is 9.02. The summed E-state index contributed by atoms with van der Waals surface area (Å²) in [4.78, 5) is 40.6. The van der Waals surface area contributed by atoms with E-state index in [2.05, 4.69) is 16.0 Å². The molecule has 0 aliphatic heterocycles. The van der Waals surface area contributed by atoms with Gasteiger partial charge in [-0.1, -0.05) is 95.5 Å². The smallest absolute Gasteiger partial charge is 0.272 e. The zero-order valence-electron chi connectivity index (χ0n) is 24.0. The van der Waals surface area contributed by atoms with E-state index in [0.717, 1.165) is 10.5 Å². The zero-order valence-corrected chi connectivity index (χ0v) is 27.1. The van der Waals surface area contributed by atoms with E-state index in [1.54, 1.807) is 91.0 Å². The third-order valence-electron chi connectivity index (χ3n) is 6.58. The minimum atomic E-state index is -0.587. The lowest BCUT2D eigenvalue weighted by Gasteiger charge is -2.18. The highest BCUT2D eigenvalue weighted by molar-refractivity contribution is 8.00. The number of thioether (sulfide) groups is 1. The van der Waals surface area contributed by atoms with Crippen molar-refractivity contribution in [3.8, 4) is 0 Å². The van der Waals surface area contributed by atoms with Crippen molar-refractivity contribution in [2.24, 2.45) is 0 Å². The van der Waals surface area contributed by atoms with Gasteiger partial charge >= 0.3 is 0 Å². The Bertz CT molecular complexity index is 1890. The Balaban J connectivity index is 1.33. The van der Waals surface area contributed by atoms with Crippen LogP contribution in [0.2, 0.25) is 15.1 Å². The van der Waals surface area contributed by atoms with Crippen molar-refractivity contribution in [3.63, 3.8) is 0 Å². The average molecular weight is 687 g/mol. The predicted octanol–water partition coefficient (Wildman–Crippen LogP) is 9.53. The van der Waals surface area contributed by atoms with Gasteiger partial charge < -0.3 is 16.0 Å². The van der Waals surface area contributed by atoms with Gasteiger partial charge in [-0.15, -0.1) is 11.8 Å². The summed E-state index contributed by atoms with van der Waals surface area (Å²) in [6.45, 7) is 0. The molecule has 0 heterocycles. The number of carbonyl (C=O) groups excluding carboxylic acids is 3. The lowest BCUT2D eigenvalue weighted by atomic mass is 10.1. The monoisotopic (exact) mass is 685 g/mol. The topological polar surface area (TPSA) is 87.3 Å². The van der Waals surface area contributed by atoms with Gasteiger partial charge in [0.25, 0.3) is 11.8 Å². The van der Waals surface area contributed by atoms with Crippen LogP contribution in [0.25, 0.3) is 6.08 Å². The van der Waals surface area contributed by atoms with Crippen molar-refractivity contribution in [1.82, 2.24) is 5.32 Å². The lowest BCUT2D eigenvalue weighted by Crippen LogP contribution is -2.30. The molecule has 0 radical (unpaired) electrons. The SMILES string of the molecule is O=C(Nc1ccc(SC(C(=O)Nc2ccc(Cl)c(Cl)c2)c2ccccc2)cc1)/C(=C/c1cccc(Cl)c1)NC(=O)c1ccccc1. The molecule has 0 aliphatic rings. The molecule has 0 spiro atoms. The van der Waals surface area contributed by atoms with Crippen molar-refractivity contribution < 1.29 is 14.4 Å². The summed E-state index contributed by atoms with van der Waals surface area (Å²) in [5.41, 5.74) is 2.93. The van der Waals surface area contributed by atoms with Crippen LogP contribution in [0, 0.1) is 0 Å². The zero-order chi connectivity index (χ0) is 32.5. The Morgan fingerprint density at radius 1 is 0.652 bits per heavy atom. The van der Waals surface area contributed by atoms with Gasteiger partial charge in [-0.25, -0.2) is 0 Å². The number of hydrogen-bond acceptors (Lipinski definition) is 4. The Morgan fingerprint density at radius 2 is 1.33 bits per heavy atom. The lowest BCUT2D eigenvalue weighted by molar-refractivity contribution is -0.116. The highest BCUT2D eigenvalue weighted by Crippen LogP contribution is 2.37. The van der Waals surface area contributed by atoms with Crippen molar-refractivity contribution in [1.29, 1.82) is 0 Å². The molecule has 46 heavy (non-hydrogen) atoms. The quantitative estimate of drug-likeness (QED) is 0.101. The number of amides is 3. The number of benzene rings is 5. The molecule has 0 saturated carbocycles. The molecule has 0 fully saturated rings. The van der Waals surface area contributed by atoms with Gasteiger partial charge in [0, 0.05) is 26.9 Å². The summed E-state index contributed by atoms with van der Waals surface area (Å²) >= 11 is 19.7. The molecular weight excluding hydrogens is 661 g/mol. The van der Waals surface area contributed by atoms with E-state index in [1.165, 1.54) is 11.8 Å². The highest BCUT2D eigenvalue weighted by atomic mass is 35.5. The van der Waals surface area contributed by atoms with E-state index < -0.39 is 17.1 Å². The Hall–Kier alpha value is -4.53. The van der Waals surface area contributed by atoms with Crippen LogP contribution in [-0.2, 0) is 9.59 Å². The van der Waals surface area contributed by atoms with Crippen LogP contribution in [0.5, 0.6) is 0 Å². The maximum atomic E-state index is 13.4. The highest BCUT2D eigenvalue weighted by Gasteiger charge is 2.23. The average Bonchev–Trinajstić information content (AvgIpc) is 3.06. The first kappa shape index (κ1) is 32.9. The number of carbonyl (C=O) groups is 3. The first-order valence-electron chi connectivity index (χ1n) is 14.0. The van der Waals surface area contributed by atoms with Crippen molar-refractivity contribution in [2.45, 2.75) is 10.1 Å². The minimum Gasteiger partial charge on any atom is -0.325 e. The maximum absolute atomic E-state index is 13.4. The first-order valence-corrected chi connectivity index (χ1v) is 16.0. The standard InChI is InChI=1S/C36H26Cl3N3O3S/c37-26-13-7-8-23(20-26)21-32(42-34(43)25-11-5-2-6-12-25)35(44)40-27-14-17-29(18-15-27)46-33(24-9-3-1-4-10-24)36(45)41-28-16-19-30(38)31(39)22-28/h1-22,33H,(H,40,44)(H,41,45)(H,42,43)/b32-21-. The molecule has 0 aromatic heterocycles. The molecule has 6 nitrogen and oxygen atoms in total. The fourth-order valence-corrected chi connectivity index (χ4v) is 5.86. The molecule has 10 heteroatoms. The van der Waals surface area contributed by atoms with Gasteiger partial charge in [0.1, 0.15) is 10.9 Å². The molecule has 5 aromatic rings. The fourth-order valence-electron chi connectivity index (χ4n) is 4.34. The summed E-state index contributed by atoms with van der Waals surface area (Å²) in [6, 6.07) is 37.0. The number of rotatable bonds is 10. The Morgan fingerprint density at radius 3 is 2.00 bits per heavy atom. The van der Waals surface area contributed by atoms with E-state index in [0.29, 0.717) is 37.6 Å². The summed E-state index contributed by atoms with van der Waals surface area (Å²) in [6.07, 6.45) is 1.56. The number of anilines is 2. The van der Waals surface area contributed by atoms with Crippen LogP contribution >= 0.6 is 46.6 Å². The van der Waals surface area contributed by atoms with Crippen LogP contribution in [0.4, 0.5) is 11.4 Å². The molecule has 1 atom stereocenters. The van der Waals surface area contributed by atoms with Gasteiger partial charge in [0.05, 0.1) is 10.0 Å². The van der Waals surface area contributed by atoms with Gasteiger partial charge in [-0.3, -0.25) is 14.4 Å². The third-order valence-corrected chi connectivity index (χ3v) is 8.82. The maximum Gasteiger partial charge on any atom is 0.272 e. The molecular formula is C36H26Cl3N3O3S. The van der Waals surface area contributed by atoms with Crippen molar-refractivity contribution >= 4 is 81.7 Å². The van der Waals surface area contributed by atoms with Crippen LogP contribution < -0.4 is 16.0 Å². The van der Waals surface area contributed by atoms with Crippen molar-refractivity contribution in [3.05, 3.63) is 165 Å². The minimum absolute atomic E-state index is 0.0395. The number of halogens is 3. The second-order valence-corrected chi connectivity index (χ2v) is 12.4. The Kier molecular flexibility index (Phi) is 11.2. The largest absolute Gasteiger partial charge is 0.325 e. The summed E-state index contributed by atoms with van der Waals surface area (Å²) in [5.74, 6) is -1.19. The van der Waals surface area contributed by atoms with Crippen LogP contribution in [0.15, 0.2) is 138 Å². The van der Waals surface area contributed by atoms with Gasteiger partial charge in [-0.2, -0.15) is 0 Å². The number of nitrogens with one attached hydrogen (secondary N) is 3. The molecule has 3 amide bonds. The van der Waals surface area contributed by atoms with E-state index >= 15 is 0 Å². The molecule has 3 N–H and O–H groups in total. The molecule has 5 rings (SSSR count). The summed E-state index contributed by atoms with van der Waals surface area (Å²) in [7, 11) is 0. The van der Waals surface area contributed by atoms with Gasteiger partial charge in [0.2, 0.25) is 5.91 Å². The van der Waals surface area contributed by atoms with Crippen LogP contribution in [-0.4, -0.2) is 17.7 Å². The Labute approximate surface area is 285 Å². The molecule has 0 aliphatic carbocycles. The molecule has 0 bridgehead atoms. The van der Waals surface area contributed by atoms with E-state index in [9.17, 15) is 14.4 Å². The van der Waals surface area contributed by atoms with E-state index in [-0.39, 0.29) is 11.6 Å². The van der Waals surface area contributed by atoms with Crippen LogP contribution in [0.3, 0.4) is 0 Å². The molecule has 5 aromatic carbocycles. The second-order valence-electron chi connectivity index (χ2n) is 9.94. The van der Waals surface area contributed by atoms with E-state index in [1.807, 2.05) is 42.5 Å². The summed E-state index contributed by atoms with van der Waals surface area (Å²) in [5, 5.41) is 9.13. The van der Waals surface area contributed by atoms with Crippen molar-refractivity contribution in [2.75, 3.05) is 10.6 Å². The van der Waals surface area contributed by atoms with E-state index in [4.69, 9.17) is 34.8 Å². The number of hydrogen-bond donors (Lipinski definition) is 3. The van der Waals surface area contributed by atoms with Crippen LogP contribution in [0.1, 0.15) is 26.7 Å². The fraction of sp³-hybridized carbons (Fsp3) is 0.0278. The summed E-state index contributed by atoms with van der Waals surface area (Å²) < 4.78 is 0.